The topological polar surface area (TPSA) is 99.5 Å². The molecule has 0 spiro atoms. The fraction of sp³-hybridized carbons (Fsp3) is 0.444. The molecule has 0 fully saturated rings. The Morgan fingerprint density at radius 2 is 1.82 bits per heavy atom. The molecule has 0 saturated heterocycles. The molecular weight excluding hydrogens is 497 g/mol. The Balaban J connectivity index is 2.21. The fourth-order valence-corrected chi connectivity index (χ4v) is 4.00. The van der Waals surface area contributed by atoms with Crippen molar-refractivity contribution >= 4 is 56.8 Å². The predicted octanol–water partition coefficient (Wildman–Crippen LogP) is 3.55. The van der Waals surface area contributed by atoms with Crippen LogP contribution in [0.15, 0.2) is 6.20 Å². The summed E-state index contributed by atoms with van der Waals surface area (Å²) in [5, 5.41) is 7.24. The number of carbonyl (C=O) groups excluding carboxylic acids is 3. The summed E-state index contributed by atoms with van der Waals surface area (Å²) in [6.45, 7) is 7.78. The molecule has 0 aromatic carbocycles. The second-order valence-electron chi connectivity index (χ2n) is 5.80. The van der Waals surface area contributed by atoms with Gasteiger partial charge in [-0.15, -0.1) is 11.3 Å². The minimum Gasteiger partial charge on any atom is -0.462 e. The second kappa shape index (κ2) is 10.0. The van der Waals surface area contributed by atoms with Crippen LogP contribution >= 0.6 is 33.9 Å². The Morgan fingerprint density at radius 3 is 2.39 bits per heavy atom. The van der Waals surface area contributed by atoms with Crippen LogP contribution in [0.4, 0.5) is 5.00 Å². The van der Waals surface area contributed by atoms with E-state index in [0.29, 0.717) is 12.1 Å². The second-order valence-corrected chi connectivity index (χ2v) is 7.98. The van der Waals surface area contributed by atoms with Crippen molar-refractivity contribution in [3.63, 3.8) is 0 Å². The number of thiophene rings is 1. The third kappa shape index (κ3) is 5.10. The highest BCUT2D eigenvalue weighted by molar-refractivity contribution is 14.1. The van der Waals surface area contributed by atoms with Gasteiger partial charge in [0, 0.05) is 12.1 Å². The lowest BCUT2D eigenvalue weighted by molar-refractivity contribution is -0.116. The molecule has 0 aliphatic carbocycles. The van der Waals surface area contributed by atoms with Gasteiger partial charge in [0.05, 0.1) is 35.1 Å². The zero-order chi connectivity index (χ0) is 20.8. The van der Waals surface area contributed by atoms with Gasteiger partial charge in [-0.3, -0.25) is 9.48 Å². The summed E-state index contributed by atoms with van der Waals surface area (Å²) in [4.78, 5) is 37.2. The van der Waals surface area contributed by atoms with Crippen molar-refractivity contribution < 1.29 is 23.9 Å². The van der Waals surface area contributed by atoms with Crippen LogP contribution in [0.2, 0.25) is 0 Å². The molecule has 1 amide bonds. The highest BCUT2D eigenvalue weighted by Gasteiger charge is 2.27. The molecule has 152 valence electrons. The number of ether oxygens (including phenoxy) is 2. The quantitative estimate of drug-likeness (QED) is 0.423. The van der Waals surface area contributed by atoms with E-state index in [0.717, 1.165) is 20.6 Å². The number of hydrogen-bond donors (Lipinski definition) is 1. The van der Waals surface area contributed by atoms with E-state index in [1.165, 1.54) is 0 Å². The van der Waals surface area contributed by atoms with Gasteiger partial charge in [0.2, 0.25) is 5.91 Å². The third-order valence-electron chi connectivity index (χ3n) is 3.93. The number of nitrogens with zero attached hydrogens (tertiary/aromatic N) is 2. The van der Waals surface area contributed by atoms with Crippen molar-refractivity contribution in [3.8, 4) is 0 Å². The summed E-state index contributed by atoms with van der Waals surface area (Å²) < 4.78 is 12.9. The SMILES string of the molecule is CCOC(=O)c1sc(NC(=O)CCn2ncc(I)c2C)c(C(=O)OCC)c1C. The Bertz CT molecular complexity index is 890. The van der Waals surface area contributed by atoms with E-state index < -0.39 is 11.9 Å². The highest BCUT2D eigenvalue weighted by atomic mass is 127. The summed E-state index contributed by atoms with van der Waals surface area (Å²) >= 11 is 3.20. The van der Waals surface area contributed by atoms with Gasteiger partial charge in [0.1, 0.15) is 9.88 Å². The number of nitrogens with one attached hydrogen (secondary N) is 1. The molecule has 0 radical (unpaired) electrons. The van der Waals surface area contributed by atoms with Crippen LogP contribution < -0.4 is 5.32 Å². The number of halogens is 1. The zero-order valence-corrected chi connectivity index (χ0v) is 19.1. The summed E-state index contributed by atoms with van der Waals surface area (Å²) in [6.07, 6.45) is 1.91. The lowest BCUT2D eigenvalue weighted by Gasteiger charge is -2.08. The number of rotatable bonds is 8. The van der Waals surface area contributed by atoms with Gasteiger partial charge < -0.3 is 14.8 Å². The number of amides is 1. The average Bonchev–Trinajstić information content (AvgIpc) is 3.13. The molecule has 10 heteroatoms. The molecule has 28 heavy (non-hydrogen) atoms. The van der Waals surface area contributed by atoms with Crippen molar-refractivity contribution in [1.29, 1.82) is 0 Å². The number of hydrogen-bond acceptors (Lipinski definition) is 7. The molecule has 8 nitrogen and oxygen atoms in total. The number of anilines is 1. The standard InChI is InChI=1S/C18H22IN3O5S/c1-5-26-17(24)14-10(3)15(18(25)27-6-2)28-16(14)21-13(23)7-8-22-11(4)12(19)9-20-22/h9H,5-8H2,1-4H3,(H,21,23). The Hall–Kier alpha value is -1.95. The van der Waals surface area contributed by atoms with Gasteiger partial charge in [-0.2, -0.15) is 5.10 Å². The first kappa shape index (κ1) is 22.3. The van der Waals surface area contributed by atoms with Crippen LogP contribution in [0.25, 0.3) is 0 Å². The van der Waals surface area contributed by atoms with Gasteiger partial charge in [0.15, 0.2) is 0 Å². The van der Waals surface area contributed by atoms with E-state index in [1.54, 1.807) is 31.6 Å². The summed E-state index contributed by atoms with van der Waals surface area (Å²) in [5.74, 6) is -1.40. The van der Waals surface area contributed by atoms with Crippen LogP contribution in [0, 0.1) is 17.4 Å². The molecule has 0 unspecified atom stereocenters. The normalized spacial score (nSPS) is 10.6. The van der Waals surface area contributed by atoms with Crippen LogP contribution in [0.1, 0.15) is 51.6 Å². The summed E-state index contributed by atoms with van der Waals surface area (Å²) in [6, 6.07) is 0. The van der Waals surface area contributed by atoms with Crippen LogP contribution in [-0.2, 0) is 20.8 Å². The zero-order valence-electron chi connectivity index (χ0n) is 16.1. The molecule has 0 aliphatic rings. The summed E-state index contributed by atoms with van der Waals surface area (Å²) in [7, 11) is 0. The lowest BCUT2D eigenvalue weighted by Crippen LogP contribution is -2.17. The predicted molar refractivity (Wildman–Crippen MR) is 114 cm³/mol. The van der Waals surface area contributed by atoms with Gasteiger partial charge in [0.25, 0.3) is 0 Å². The van der Waals surface area contributed by atoms with Gasteiger partial charge in [-0.25, -0.2) is 9.59 Å². The number of aryl methyl sites for hydroxylation is 1. The molecule has 0 saturated carbocycles. The first-order valence-corrected chi connectivity index (χ1v) is 10.6. The minimum atomic E-state index is -0.584. The van der Waals surface area contributed by atoms with Crippen LogP contribution in [0.3, 0.4) is 0 Å². The largest absolute Gasteiger partial charge is 0.462 e. The third-order valence-corrected chi connectivity index (χ3v) is 6.18. The first-order chi connectivity index (χ1) is 13.3. The Labute approximate surface area is 180 Å². The number of esters is 2. The summed E-state index contributed by atoms with van der Waals surface area (Å²) in [5.41, 5.74) is 1.61. The molecule has 0 aliphatic heterocycles. The monoisotopic (exact) mass is 519 g/mol. The Morgan fingerprint density at radius 1 is 1.18 bits per heavy atom. The van der Waals surface area contributed by atoms with Crippen molar-refractivity contribution in [2.24, 2.45) is 0 Å². The van der Waals surface area contributed by atoms with Crippen molar-refractivity contribution in [2.45, 2.75) is 40.7 Å². The first-order valence-electron chi connectivity index (χ1n) is 8.75. The van der Waals surface area contributed by atoms with E-state index in [-0.39, 0.29) is 41.0 Å². The van der Waals surface area contributed by atoms with E-state index in [2.05, 4.69) is 33.0 Å². The van der Waals surface area contributed by atoms with Gasteiger partial charge >= 0.3 is 11.9 Å². The molecule has 0 bridgehead atoms. The van der Waals surface area contributed by atoms with Crippen LogP contribution in [-0.4, -0.2) is 40.8 Å². The van der Waals surface area contributed by atoms with Gasteiger partial charge in [-0.1, -0.05) is 0 Å². The Kier molecular flexibility index (Phi) is 7.98. The number of carbonyl (C=O) groups is 3. The van der Waals surface area contributed by atoms with Crippen molar-refractivity contribution in [2.75, 3.05) is 18.5 Å². The smallest absolute Gasteiger partial charge is 0.348 e. The maximum atomic E-state index is 12.4. The van der Waals surface area contributed by atoms with E-state index in [9.17, 15) is 14.4 Å². The van der Waals surface area contributed by atoms with E-state index >= 15 is 0 Å². The molecule has 0 atom stereocenters. The maximum Gasteiger partial charge on any atom is 0.348 e. The van der Waals surface area contributed by atoms with Crippen molar-refractivity contribution in [3.05, 3.63) is 31.5 Å². The van der Waals surface area contributed by atoms with Crippen molar-refractivity contribution in [1.82, 2.24) is 9.78 Å². The fourth-order valence-electron chi connectivity index (χ4n) is 2.49. The minimum absolute atomic E-state index is 0.173. The maximum absolute atomic E-state index is 12.4. The molecular formula is C18H22IN3O5S. The molecule has 2 rings (SSSR count). The number of aromatic nitrogens is 2. The highest BCUT2D eigenvalue weighted by Crippen LogP contribution is 2.34. The van der Waals surface area contributed by atoms with E-state index in [1.807, 2.05) is 6.92 Å². The van der Waals surface area contributed by atoms with E-state index in [4.69, 9.17) is 9.47 Å². The molecule has 2 aromatic rings. The lowest BCUT2D eigenvalue weighted by atomic mass is 10.1. The molecule has 2 aromatic heterocycles. The molecule has 2 heterocycles. The van der Waals surface area contributed by atoms with Crippen LogP contribution in [0.5, 0.6) is 0 Å². The average molecular weight is 519 g/mol. The van der Waals surface area contributed by atoms with Gasteiger partial charge in [-0.05, 0) is 55.8 Å². The molecule has 1 N–H and O–H groups in total.